The van der Waals surface area contributed by atoms with Gasteiger partial charge in [0.05, 0.1) is 29.8 Å². The van der Waals surface area contributed by atoms with E-state index in [0.29, 0.717) is 73.2 Å². The highest BCUT2D eigenvalue weighted by molar-refractivity contribution is 6.06. The van der Waals surface area contributed by atoms with Crippen molar-refractivity contribution in [2.75, 3.05) is 65.4 Å². The van der Waals surface area contributed by atoms with Gasteiger partial charge in [0, 0.05) is 52.6 Å². The third kappa shape index (κ3) is 5.61. The number of nitrogens with one attached hydrogen (secondary N) is 2. The molecule has 11 heteroatoms. The molecule has 0 radical (unpaired) electrons. The van der Waals surface area contributed by atoms with E-state index in [1.54, 1.807) is 25.3 Å². The molecule has 2 bridgehead atoms. The lowest BCUT2D eigenvalue weighted by Crippen LogP contribution is -2.42. The van der Waals surface area contributed by atoms with Crippen LogP contribution in [-0.2, 0) is 9.53 Å². The second-order valence-electron chi connectivity index (χ2n) is 7.95. The summed E-state index contributed by atoms with van der Waals surface area (Å²) in [5, 5.41) is 14.3. The number of rotatable bonds is 3. The van der Waals surface area contributed by atoms with Crippen molar-refractivity contribution in [2.45, 2.75) is 0 Å². The van der Waals surface area contributed by atoms with Crippen molar-refractivity contribution in [1.82, 2.24) is 24.8 Å². The van der Waals surface area contributed by atoms with Crippen LogP contribution in [-0.4, -0.2) is 102 Å². The second kappa shape index (κ2) is 10.9. The summed E-state index contributed by atoms with van der Waals surface area (Å²) < 4.78 is 11.1. The van der Waals surface area contributed by atoms with Crippen LogP contribution in [0, 0.1) is 0 Å². The number of aliphatic imine (C=N–C) groups is 1. The lowest BCUT2D eigenvalue weighted by Gasteiger charge is -2.25. The number of H-pyrrole nitrogens is 1. The van der Waals surface area contributed by atoms with Crippen LogP contribution in [0.2, 0.25) is 0 Å². The molecule has 3 heterocycles. The molecule has 11 nitrogen and oxygen atoms in total. The Morgan fingerprint density at radius 3 is 3.00 bits per heavy atom. The number of methoxy groups -OCH3 is 1. The van der Waals surface area contributed by atoms with E-state index in [4.69, 9.17) is 9.47 Å². The highest BCUT2D eigenvalue weighted by Gasteiger charge is 2.17. The summed E-state index contributed by atoms with van der Waals surface area (Å²) >= 11 is 0. The van der Waals surface area contributed by atoms with E-state index in [2.05, 4.69) is 25.3 Å². The second-order valence-corrected chi connectivity index (χ2v) is 7.95. The average Bonchev–Trinajstić information content (AvgIpc) is 3.16. The molecule has 0 aliphatic carbocycles. The van der Waals surface area contributed by atoms with E-state index in [-0.39, 0.29) is 18.3 Å². The van der Waals surface area contributed by atoms with Crippen LogP contribution in [0.4, 0.5) is 11.5 Å². The normalized spacial score (nSPS) is 16.1. The Hall–Kier alpha value is -3.70. The standard InChI is InChI=1S/C23H29N7O4/c1-29-7-6-24-21-20-18(23(32)28-22(20)27-15-26-21)13-25-16-4-3-5-17(12-16)34-11-9-30(8-10-33-2)14-19(29)31/h3-5,12-13,15,32H,6-11,14H2,1-2H3,(H2,24,26,27,28). The van der Waals surface area contributed by atoms with Crippen LogP contribution in [0.15, 0.2) is 35.6 Å². The van der Waals surface area contributed by atoms with Gasteiger partial charge >= 0.3 is 0 Å². The Morgan fingerprint density at radius 1 is 1.26 bits per heavy atom. The lowest BCUT2D eigenvalue weighted by atomic mass is 10.2. The smallest absolute Gasteiger partial charge is 0.236 e. The minimum atomic E-state index is -0.0486. The number of aromatic hydroxyl groups is 1. The summed E-state index contributed by atoms with van der Waals surface area (Å²) in [6.07, 6.45) is 2.99. The molecule has 0 saturated carbocycles. The maximum atomic E-state index is 12.8. The molecule has 3 aromatic rings. The first kappa shape index (κ1) is 23.5. The van der Waals surface area contributed by atoms with Gasteiger partial charge < -0.3 is 29.8 Å². The number of anilines is 1. The monoisotopic (exact) mass is 467 g/mol. The molecule has 0 saturated heterocycles. The van der Waals surface area contributed by atoms with Crippen molar-refractivity contribution < 1.29 is 19.4 Å². The maximum absolute atomic E-state index is 12.8. The summed E-state index contributed by atoms with van der Waals surface area (Å²) in [5.74, 6) is 1.16. The fourth-order valence-electron chi connectivity index (χ4n) is 3.65. The largest absolute Gasteiger partial charge is 0.494 e. The molecule has 1 aliphatic heterocycles. The number of aromatic nitrogens is 3. The third-order valence-corrected chi connectivity index (χ3v) is 5.58. The number of aromatic amines is 1. The number of ether oxygens (including phenoxy) is 2. The van der Waals surface area contributed by atoms with Gasteiger partial charge in [0.15, 0.2) is 5.88 Å². The molecular formula is C23H29N7O4. The summed E-state index contributed by atoms with van der Waals surface area (Å²) in [5.41, 5.74) is 1.64. The molecule has 0 atom stereocenters. The minimum Gasteiger partial charge on any atom is -0.494 e. The fourth-order valence-corrected chi connectivity index (χ4v) is 3.65. The van der Waals surface area contributed by atoms with Gasteiger partial charge in [-0.1, -0.05) is 6.07 Å². The topological polar surface area (TPSA) is 128 Å². The Bertz CT molecular complexity index is 1160. The van der Waals surface area contributed by atoms with Crippen molar-refractivity contribution >= 4 is 34.7 Å². The van der Waals surface area contributed by atoms with E-state index in [0.717, 1.165) is 0 Å². The summed E-state index contributed by atoms with van der Waals surface area (Å²) in [7, 11) is 3.42. The van der Waals surface area contributed by atoms with Gasteiger partial charge in [-0.3, -0.25) is 14.7 Å². The van der Waals surface area contributed by atoms with E-state index in [1.807, 2.05) is 29.2 Å². The number of amides is 1. The molecule has 34 heavy (non-hydrogen) atoms. The average molecular weight is 468 g/mol. The Balaban J connectivity index is 1.65. The molecule has 0 fully saturated rings. The lowest BCUT2D eigenvalue weighted by molar-refractivity contribution is -0.131. The van der Waals surface area contributed by atoms with Gasteiger partial charge in [-0.25, -0.2) is 9.97 Å². The van der Waals surface area contributed by atoms with Gasteiger partial charge in [0.1, 0.15) is 30.1 Å². The van der Waals surface area contributed by atoms with E-state index >= 15 is 0 Å². The number of likely N-dealkylation sites (N-methyl/N-ethyl adjacent to an activating group) is 1. The van der Waals surface area contributed by atoms with Gasteiger partial charge in [-0.05, 0) is 12.1 Å². The fraction of sp³-hybridized carbons (Fsp3) is 0.391. The predicted octanol–water partition coefficient (Wildman–Crippen LogP) is 1.63. The maximum Gasteiger partial charge on any atom is 0.236 e. The van der Waals surface area contributed by atoms with E-state index < -0.39 is 0 Å². The van der Waals surface area contributed by atoms with Gasteiger partial charge in [0.25, 0.3) is 0 Å². The van der Waals surface area contributed by atoms with Crippen molar-refractivity contribution in [1.29, 1.82) is 0 Å². The van der Waals surface area contributed by atoms with Gasteiger partial charge in [0.2, 0.25) is 5.91 Å². The first-order valence-electron chi connectivity index (χ1n) is 11.1. The van der Waals surface area contributed by atoms with Crippen LogP contribution in [0.1, 0.15) is 5.56 Å². The van der Waals surface area contributed by atoms with E-state index in [9.17, 15) is 9.90 Å². The zero-order valence-corrected chi connectivity index (χ0v) is 19.3. The van der Waals surface area contributed by atoms with E-state index in [1.165, 1.54) is 6.33 Å². The van der Waals surface area contributed by atoms with Crippen LogP contribution < -0.4 is 10.1 Å². The summed E-state index contributed by atoms with van der Waals surface area (Å²) in [6, 6.07) is 7.38. The third-order valence-electron chi connectivity index (χ3n) is 5.58. The Labute approximate surface area is 197 Å². The number of hydrogen-bond acceptors (Lipinski definition) is 9. The van der Waals surface area contributed by atoms with Crippen LogP contribution in [0.3, 0.4) is 0 Å². The predicted molar refractivity (Wildman–Crippen MR) is 129 cm³/mol. The number of benzene rings is 1. The first-order chi connectivity index (χ1) is 16.5. The molecule has 4 rings (SSSR count). The van der Waals surface area contributed by atoms with Crippen molar-refractivity contribution in [2.24, 2.45) is 4.99 Å². The van der Waals surface area contributed by atoms with Crippen molar-refractivity contribution in [3.05, 3.63) is 36.2 Å². The van der Waals surface area contributed by atoms with Crippen molar-refractivity contribution in [3.8, 4) is 11.6 Å². The molecule has 2 aromatic heterocycles. The van der Waals surface area contributed by atoms with Crippen LogP contribution >= 0.6 is 0 Å². The van der Waals surface area contributed by atoms with Crippen LogP contribution in [0.5, 0.6) is 11.6 Å². The quantitative estimate of drug-likeness (QED) is 0.530. The summed E-state index contributed by atoms with van der Waals surface area (Å²) in [6.45, 7) is 3.36. The molecule has 3 N–H and O–H groups in total. The SMILES string of the molecule is COCCN1CCOc2cccc(c2)N=Cc2c(O)[nH]c3ncnc(c23)NCCN(C)C(=O)C1. The van der Waals surface area contributed by atoms with Gasteiger partial charge in [-0.15, -0.1) is 0 Å². The van der Waals surface area contributed by atoms with Gasteiger partial charge in [-0.2, -0.15) is 0 Å². The minimum absolute atomic E-state index is 0.000891. The molecule has 0 spiro atoms. The highest BCUT2D eigenvalue weighted by atomic mass is 16.5. The number of carbonyl (C=O) groups excluding carboxylic acids is 1. The first-order valence-corrected chi connectivity index (χ1v) is 11.1. The van der Waals surface area contributed by atoms with Crippen molar-refractivity contribution in [3.63, 3.8) is 0 Å². The number of fused-ring (bicyclic) bond motifs is 2. The zero-order chi connectivity index (χ0) is 23.9. The summed E-state index contributed by atoms with van der Waals surface area (Å²) in [4.78, 5) is 32.4. The van der Waals surface area contributed by atoms with Crippen LogP contribution in [0.25, 0.3) is 11.0 Å². The number of hydrogen-bond donors (Lipinski definition) is 3. The highest BCUT2D eigenvalue weighted by Crippen LogP contribution is 2.30. The number of carbonyl (C=O) groups is 1. The molecular weight excluding hydrogens is 438 g/mol. The Kier molecular flexibility index (Phi) is 7.55. The zero-order valence-electron chi connectivity index (χ0n) is 19.3. The molecule has 180 valence electrons. The Morgan fingerprint density at radius 2 is 2.15 bits per heavy atom. The number of nitrogens with zero attached hydrogens (tertiary/aromatic N) is 5. The molecule has 1 aromatic carbocycles. The molecule has 1 amide bonds. The molecule has 1 aliphatic rings. The molecule has 0 unspecified atom stereocenters.